The molecule has 1 aromatic carbocycles. The van der Waals surface area contributed by atoms with Crippen LogP contribution in [-0.2, 0) is 25.4 Å². The Morgan fingerprint density at radius 2 is 1.96 bits per heavy atom. The Balaban J connectivity index is 1.81. The average Bonchev–Trinajstić information content (AvgIpc) is 2.61. The molecule has 1 aliphatic rings. The summed E-state index contributed by atoms with van der Waals surface area (Å²) in [4.78, 5) is 12.2. The van der Waals surface area contributed by atoms with Crippen LogP contribution in [0, 0.1) is 5.92 Å². The first-order valence-corrected chi connectivity index (χ1v) is 8.29. The van der Waals surface area contributed by atoms with Gasteiger partial charge in [-0.1, -0.05) is 12.1 Å². The van der Waals surface area contributed by atoms with E-state index < -0.39 is 0 Å². The summed E-state index contributed by atoms with van der Waals surface area (Å²) in [5, 5.41) is 2.96. The minimum absolute atomic E-state index is 0.0199. The molecular formula is C18H27NO5. The van der Waals surface area contributed by atoms with E-state index >= 15 is 0 Å². The Bertz CT molecular complexity index is 505. The molecule has 1 heterocycles. The number of benzene rings is 1. The Labute approximate surface area is 143 Å². The molecule has 1 fully saturated rings. The maximum atomic E-state index is 12.2. The third kappa shape index (κ3) is 5.19. The maximum absolute atomic E-state index is 12.2. The second-order valence-corrected chi connectivity index (χ2v) is 5.83. The predicted molar refractivity (Wildman–Crippen MR) is 90.2 cm³/mol. The van der Waals surface area contributed by atoms with Crippen LogP contribution in [-0.4, -0.2) is 58.7 Å². The number of methoxy groups -OCH3 is 2. The lowest BCUT2D eigenvalue weighted by Gasteiger charge is -2.36. The molecule has 6 heteroatoms. The minimum Gasteiger partial charge on any atom is -0.494 e. The van der Waals surface area contributed by atoms with E-state index in [0.29, 0.717) is 32.8 Å². The van der Waals surface area contributed by atoms with Gasteiger partial charge in [0, 0.05) is 26.7 Å². The van der Waals surface area contributed by atoms with E-state index in [1.54, 1.807) is 14.2 Å². The van der Waals surface area contributed by atoms with Gasteiger partial charge in [-0.25, -0.2) is 0 Å². The molecule has 1 amide bonds. The minimum atomic E-state index is -0.100. The fourth-order valence-electron chi connectivity index (χ4n) is 2.91. The molecule has 0 unspecified atom stereocenters. The summed E-state index contributed by atoms with van der Waals surface area (Å²) in [5.74, 6) is 0.876. The molecule has 0 bridgehead atoms. The number of carbonyl (C=O) groups is 1. The van der Waals surface area contributed by atoms with Gasteiger partial charge in [-0.2, -0.15) is 0 Å². The molecule has 24 heavy (non-hydrogen) atoms. The molecular weight excluding hydrogens is 310 g/mol. The van der Waals surface area contributed by atoms with Crippen LogP contribution in [0.2, 0.25) is 0 Å². The van der Waals surface area contributed by atoms with Crippen molar-refractivity contribution < 1.29 is 23.7 Å². The molecule has 0 radical (unpaired) electrons. The number of rotatable bonds is 8. The van der Waals surface area contributed by atoms with Gasteiger partial charge in [-0.3, -0.25) is 4.79 Å². The van der Waals surface area contributed by atoms with Crippen molar-refractivity contribution in [1.82, 2.24) is 5.32 Å². The van der Waals surface area contributed by atoms with Gasteiger partial charge in [0.1, 0.15) is 11.9 Å². The van der Waals surface area contributed by atoms with E-state index in [-0.39, 0.29) is 24.0 Å². The van der Waals surface area contributed by atoms with E-state index in [0.717, 1.165) is 11.3 Å². The van der Waals surface area contributed by atoms with Crippen LogP contribution in [0.25, 0.3) is 0 Å². The molecule has 2 rings (SSSR count). The van der Waals surface area contributed by atoms with Crippen LogP contribution in [0.1, 0.15) is 12.5 Å². The van der Waals surface area contributed by atoms with Crippen molar-refractivity contribution in [1.29, 1.82) is 0 Å². The zero-order valence-corrected chi connectivity index (χ0v) is 14.6. The standard InChI is InChI=1S/C18H27NO5/c1-4-24-15-7-5-13(6-8-15)9-17(20)19-10-14-11-23-12-16(21-2)18(14)22-3/h5-8,14,16,18H,4,9-12H2,1-3H3,(H,19,20)/t14-,16-,18+/m1/s1. The summed E-state index contributed by atoms with van der Waals surface area (Å²) < 4.78 is 21.8. The van der Waals surface area contributed by atoms with E-state index in [9.17, 15) is 4.79 Å². The number of ether oxygens (including phenoxy) is 4. The summed E-state index contributed by atoms with van der Waals surface area (Å²) in [6.45, 7) is 4.16. The highest BCUT2D eigenvalue weighted by molar-refractivity contribution is 5.78. The molecule has 134 valence electrons. The quantitative estimate of drug-likeness (QED) is 0.777. The fraction of sp³-hybridized carbons (Fsp3) is 0.611. The van der Waals surface area contributed by atoms with Gasteiger partial charge in [-0.15, -0.1) is 0 Å². The Hall–Kier alpha value is -1.63. The molecule has 1 saturated heterocycles. The monoisotopic (exact) mass is 337 g/mol. The summed E-state index contributed by atoms with van der Waals surface area (Å²) >= 11 is 0. The van der Waals surface area contributed by atoms with Crippen molar-refractivity contribution in [2.75, 3.05) is 40.6 Å². The number of carbonyl (C=O) groups excluding carboxylic acids is 1. The van der Waals surface area contributed by atoms with Crippen LogP contribution in [0.15, 0.2) is 24.3 Å². The Morgan fingerprint density at radius 1 is 1.21 bits per heavy atom. The molecule has 0 spiro atoms. The van der Waals surface area contributed by atoms with Gasteiger partial charge >= 0.3 is 0 Å². The van der Waals surface area contributed by atoms with E-state index in [2.05, 4.69) is 5.32 Å². The topological polar surface area (TPSA) is 66.0 Å². The van der Waals surface area contributed by atoms with Crippen LogP contribution in [0.4, 0.5) is 0 Å². The summed E-state index contributed by atoms with van der Waals surface area (Å²) in [7, 11) is 3.31. The fourth-order valence-corrected chi connectivity index (χ4v) is 2.91. The summed E-state index contributed by atoms with van der Waals surface area (Å²) in [6, 6.07) is 7.58. The second-order valence-electron chi connectivity index (χ2n) is 5.83. The van der Waals surface area contributed by atoms with Crippen molar-refractivity contribution in [2.45, 2.75) is 25.6 Å². The van der Waals surface area contributed by atoms with Crippen molar-refractivity contribution in [2.24, 2.45) is 5.92 Å². The molecule has 0 aromatic heterocycles. The third-order valence-electron chi connectivity index (χ3n) is 4.18. The number of nitrogens with one attached hydrogen (secondary N) is 1. The second kappa shape index (κ2) is 9.61. The molecule has 0 saturated carbocycles. The van der Waals surface area contributed by atoms with Crippen LogP contribution in [0.3, 0.4) is 0 Å². The zero-order valence-electron chi connectivity index (χ0n) is 14.6. The summed E-state index contributed by atoms with van der Waals surface area (Å²) in [6.07, 6.45) is 0.164. The zero-order chi connectivity index (χ0) is 17.4. The predicted octanol–water partition coefficient (Wildman–Crippen LogP) is 1.42. The number of hydrogen-bond donors (Lipinski definition) is 1. The van der Waals surface area contributed by atoms with Gasteiger partial charge in [0.2, 0.25) is 5.91 Å². The SMILES string of the molecule is CCOc1ccc(CC(=O)NC[C@@H]2COC[C@@H](OC)[C@H]2OC)cc1. The van der Waals surface area contributed by atoms with E-state index in [4.69, 9.17) is 18.9 Å². The van der Waals surface area contributed by atoms with E-state index in [1.807, 2.05) is 31.2 Å². The molecule has 3 atom stereocenters. The first-order valence-electron chi connectivity index (χ1n) is 8.29. The highest BCUT2D eigenvalue weighted by atomic mass is 16.6. The largest absolute Gasteiger partial charge is 0.494 e. The normalized spacial score (nSPS) is 23.7. The van der Waals surface area contributed by atoms with Crippen molar-refractivity contribution in [3.05, 3.63) is 29.8 Å². The van der Waals surface area contributed by atoms with Crippen molar-refractivity contribution in [3.8, 4) is 5.75 Å². The van der Waals surface area contributed by atoms with Crippen LogP contribution in [0.5, 0.6) is 5.75 Å². The van der Waals surface area contributed by atoms with E-state index in [1.165, 1.54) is 0 Å². The average molecular weight is 337 g/mol. The number of amides is 1. The van der Waals surface area contributed by atoms with Gasteiger partial charge in [0.25, 0.3) is 0 Å². The van der Waals surface area contributed by atoms with Gasteiger partial charge < -0.3 is 24.3 Å². The molecule has 6 nitrogen and oxygen atoms in total. The highest BCUT2D eigenvalue weighted by Gasteiger charge is 2.34. The van der Waals surface area contributed by atoms with Crippen molar-refractivity contribution in [3.63, 3.8) is 0 Å². The van der Waals surface area contributed by atoms with Crippen LogP contribution >= 0.6 is 0 Å². The van der Waals surface area contributed by atoms with Gasteiger partial charge in [0.05, 0.1) is 32.3 Å². The number of hydrogen-bond acceptors (Lipinski definition) is 5. The van der Waals surface area contributed by atoms with Gasteiger partial charge in [-0.05, 0) is 24.6 Å². The Kier molecular flexibility index (Phi) is 7.49. The lowest BCUT2D eigenvalue weighted by Crippen LogP contribution is -2.50. The molecule has 0 aliphatic carbocycles. The van der Waals surface area contributed by atoms with Crippen molar-refractivity contribution >= 4 is 5.91 Å². The first kappa shape index (κ1) is 18.7. The smallest absolute Gasteiger partial charge is 0.224 e. The lowest BCUT2D eigenvalue weighted by atomic mass is 9.96. The van der Waals surface area contributed by atoms with Gasteiger partial charge in [0.15, 0.2) is 0 Å². The first-order chi connectivity index (χ1) is 11.7. The molecule has 1 N–H and O–H groups in total. The summed E-state index contributed by atoms with van der Waals surface area (Å²) in [5.41, 5.74) is 0.953. The third-order valence-corrected chi connectivity index (χ3v) is 4.18. The lowest BCUT2D eigenvalue weighted by molar-refractivity contribution is -0.147. The highest BCUT2D eigenvalue weighted by Crippen LogP contribution is 2.20. The molecule has 1 aromatic rings. The maximum Gasteiger partial charge on any atom is 0.224 e. The van der Waals surface area contributed by atoms with Crippen LogP contribution < -0.4 is 10.1 Å². The molecule has 1 aliphatic heterocycles. The Morgan fingerprint density at radius 3 is 2.58 bits per heavy atom.